The Bertz CT molecular complexity index is 767. The van der Waals surface area contributed by atoms with Crippen LogP contribution in [0.15, 0.2) is 11.4 Å². The molecule has 1 aliphatic heterocycles. The van der Waals surface area contributed by atoms with Crippen LogP contribution in [0.1, 0.15) is 43.6 Å². The number of carbonyl (C=O) groups excluding carboxylic acids is 1. The van der Waals surface area contributed by atoms with Crippen LogP contribution < -0.4 is 0 Å². The fourth-order valence-corrected chi connectivity index (χ4v) is 6.19. The molecule has 0 aromatic carbocycles. The topological polar surface area (TPSA) is 46.1 Å². The number of rotatable bonds is 3. The maximum atomic E-state index is 12.6. The average Bonchev–Trinajstić information content (AvgIpc) is 3.21. The minimum absolute atomic E-state index is 0.0840. The number of hydrogen-bond donors (Lipinski definition) is 0. The number of fused-ring (bicyclic) bond motifs is 3. The Hall–Kier alpha value is -1.14. The minimum Gasteiger partial charge on any atom is -0.342 e. The lowest BCUT2D eigenvalue weighted by atomic mass is 9.89. The van der Waals surface area contributed by atoms with E-state index in [9.17, 15) is 4.79 Å². The Labute approximate surface area is 151 Å². The molecule has 2 aromatic rings. The third kappa shape index (κ3) is 2.94. The summed E-state index contributed by atoms with van der Waals surface area (Å²) in [5.74, 6) is 1.01. The normalized spacial score (nSPS) is 21.9. The van der Waals surface area contributed by atoms with Gasteiger partial charge < -0.3 is 4.90 Å². The molecule has 2 aromatic heterocycles. The highest BCUT2D eigenvalue weighted by molar-refractivity contribution is 8.00. The number of aryl methyl sites for hydroxylation is 1. The minimum atomic E-state index is -0.0840. The Kier molecular flexibility index (Phi) is 4.52. The van der Waals surface area contributed by atoms with Gasteiger partial charge in [0.15, 0.2) is 0 Å². The smallest absolute Gasteiger partial charge is 0.235 e. The molecule has 0 spiro atoms. The second-order valence-corrected chi connectivity index (χ2v) is 9.42. The van der Waals surface area contributed by atoms with Gasteiger partial charge in [0.25, 0.3) is 0 Å². The van der Waals surface area contributed by atoms with Gasteiger partial charge in [-0.2, -0.15) is 0 Å². The van der Waals surface area contributed by atoms with Crippen LogP contribution in [0.3, 0.4) is 0 Å². The summed E-state index contributed by atoms with van der Waals surface area (Å²) in [6.07, 6.45) is 7.44. The maximum Gasteiger partial charge on any atom is 0.235 e. The number of nitrogens with zero attached hydrogens (tertiary/aromatic N) is 3. The molecule has 2 aliphatic rings. The second-order valence-electron chi connectivity index (χ2n) is 7.00. The molecular formula is C18H23N3OS2. The van der Waals surface area contributed by atoms with Gasteiger partial charge in [0.1, 0.15) is 16.2 Å². The summed E-state index contributed by atoms with van der Waals surface area (Å²) in [6, 6.07) is 0. The van der Waals surface area contributed by atoms with E-state index >= 15 is 0 Å². The number of aromatic nitrogens is 2. The Morgan fingerprint density at radius 3 is 2.96 bits per heavy atom. The van der Waals surface area contributed by atoms with Crippen molar-refractivity contribution in [3.63, 3.8) is 0 Å². The molecule has 1 saturated heterocycles. The molecule has 0 radical (unpaired) electrons. The fourth-order valence-electron chi connectivity index (χ4n) is 3.75. The molecule has 3 heterocycles. The van der Waals surface area contributed by atoms with Crippen LogP contribution in [-0.4, -0.2) is 39.1 Å². The van der Waals surface area contributed by atoms with E-state index in [0.29, 0.717) is 0 Å². The first-order chi connectivity index (χ1) is 11.6. The van der Waals surface area contributed by atoms with E-state index in [2.05, 4.69) is 16.9 Å². The summed E-state index contributed by atoms with van der Waals surface area (Å²) in [4.78, 5) is 26.2. The molecule has 1 aliphatic carbocycles. The molecule has 4 nitrogen and oxygen atoms in total. The van der Waals surface area contributed by atoms with Crippen molar-refractivity contribution in [1.29, 1.82) is 0 Å². The molecular weight excluding hydrogens is 338 g/mol. The van der Waals surface area contributed by atoms with Crippen molar-refractivity contribution in [3.05, 3.63) is 16.8 Å². The summed E-state index contributed by atoms with van der Waals surface area (Å²) in [7, 11) is 0. The summed E-state index contributed by atoms with van der Waals surface area (Å²) >= 11 is 3.43. The summed E-state index contributed by atoms with van der Waals surface area (Å²) in [5.41, 5.74) is 1.44. The van der Waals surface area contributed by atoms with Crippen molar-refractivity contribution in [2.24, 2.45) is 5.92 Å². The maximum absolute atomic E-state index is 12.6. The van der Waals surface area contributed by atoms with Crippen molar-refractivity contribution in [1.82, 2.24) is 14.9 Å². The number of amides is 1. The standard InChI is InChI=1S/C18H23N3OS2/c1-11-5-6-13-14(9-11)24-17-15(13)16(19-10-20-17)23-12(2)18(22)21-7-3-4-8-21/h10-12H,3-9H2,1-2H3/t11-,12-/m0/s1. The largest absolute Gasteiger partial charge is 0.342 e. The van der Waals surface area contributed by atoms with Gasteiger partial charge in [-0.25, -0.2) is 9.97 Å². The summed E-state index contributed by atoms with van der Waals surface area (Å²) in [6.45, 7) is 6.16. The zero-order chi connectivity index (χ0) is 16.7. The average molecular weight is 362 g/mol. The zero-order valence-corrected chi connectivity index (χ0v) is 15.9. The molecule has 0 bridgehead atoms. The predicted octanol–water partition coefficient (Wildman–Crippen LogP) is 3.92. The zero-order valence-electron chi connectivity index (χ0n) is 14.2. The van der Waals surface area contributed by atoms with Gasteiger partial charge in [0.2, 0.25) is 5.91 Å². The van der Waals surface area contributed by atoms with Crippen LogP contribution in [-0.2, 0) is 17.6 Å². The lowest BCUT2D eigenvalue weighted by Gasteiger charge is -2.20. The van der Waals surface area contributed by atoms with Crippen LogP contribution in [0.25, 0.3) is 10.2 Å². The van der Waals surface area contributed by atoms with E-state index in [4.69, 9.17) is 0 Å². The van der Waals surface area contributed by atoms with E-state index in [1.807, 2.05) is 23.2 Å². The van der Waals surface area contributed by atoms with Crippen molar-refractivity contribution in [2.45, 2.75) is 56.2 Å². The third-order valence-electron chi connectivity index (χ3n) is 5.11. The molecule has 1 fully saturated rings. The quantitative estimate of drug-likeness (QED) is 0.614. The van der Waals surface area contributed by atoms with Gasteiger partial charge in [0.05, 0.1) is 5.25 Å². The van der Waals surface area contributed by atoms with Gasteiger partial charge in [-0.1, -0.05) is 18.7 Å². The number of carbonyl (C=O) groups is 1. The Morgan fingerprint density at radius 2 is 2.17 bits per heavy atom. The summed E-state index contributed by atoms with van der Waals surface area (Å²) < 4.78 is 0. The Balaban J connectivity index is 1.63. The van der Waals surface area contributed by atoms with E-state index in [1.54, 1.807) is 18.1 Å². The molecule has 1 amide bonds. The van der Waals surface area contributed by atoms with Gasteiger partial charge in [-0.15, -0.1) is 11.3 Å². The van der Waals surface area contributed by atoms with Crippen LogP contribution >= 0.6 is 23.1 Å². The van der Waals surface area contributed by atoms with Gasteiger partial charge in [-0.3, -0.25) is 4.79 Å². The van der Waals surface area contributed by atoms with Gasteiger partial charge in [-0.05, 0) is 50.5 Å². The molecule has 24 heavy (non-hydrogen) atoms. The van der Waals surface area contributed by atoms with E-state index < -0.39 is 0 Å². The van der Waals surface area contributed by atoms with Gasteiger partial charge >= 0.3 is 0 Å². The van der Waals surface area contributed by atoms with Crippen LogP contribution in [0.4, 0.5) is 0 Å². The van der Waals surface area contributed by atoms with Crippen LogP contribution in [0.2, 0.25) is 0 Å². The van der Waals surface area contributed by atoms with Crippen LogP contribution in [0, 0.1) is 5.92 Å². The first-order valence-electron chi connectivity index (χ1n) is 8.84. The lowest BCUT2D eigenvalue weighted by molar-refractivity contribution is -0.129. The first kappa shape index (κ1) is 16.3. The highest BCUT2D eigenvalue weighted by Crippen LogP contribution is 2.41. The molecule has 2 atom stereocenters. The van der Waals surface area contributed by atoms with Crippen molar-refractivity contribution < 1.29 is 4.79 Å². The van der Waals surface area contributed by atoms with Crippen molar-refractivity contribution in [2.75, 3.05) is 13.1 Å². The Morgan fingerprint density at radius 1 is 1.38 bits per heavy atom. The molecule has 0 unspecified atom stereocenters. The number of thiophene rings is 1. The number of likely N-dealkylation sites (tertiary alicyclic amines) is 1. The van der Waals surface area contributed by atoms with Crippen molar-refractivity contribution in [3.8, 4) is 0 Å². The predicted molar refractivity (Wildman–Crippen MR) is 99.7 cm³/mol. The highest BCUT2D eigenvalue weighted by atomic mass is 32.2. The monoisotopic (exact) mass is 361 g/mol. The summed E-state index contributed by atoms with van der Waals surface area (Å²) in [5, 5.41) is 2.13. The van der Waals surface area contributed by atoms with Gasteiger partial charge in [0, 0.05) is 23.4 Å². The van der Waals surface area contributed by atoms with Crippen LogP contribution in [0.5, 0.6) is 0 Å². The second kappa shape index (κ2) is 6.64. The van der Waals surface area contributed by atoms with E-state index in [0.717, 1.165) is 54.5 Å². The molecule has 0 saturated carbocycles. The fraction of sp³-hybridized carbons (Fsp3) is 0.611. The third-order valence-corrected chi connectivity index (χ3v) is 7.36. The lowest BCUT2D eigenvalue weighted by Crippen LogP contribution is -2.34. The molecule has 4 rings (SSSR count). The highest BCUT2D eigenvalue weighted by Gasteiger charge is 2.27. The van der Waals surface area contributed by atoms with E-state index in [1.165, 1.54) is 22.2 Å². The molecule has 6 heteroatoms. The van der Waals surface area contributed by atoms with E-state index in [-0.39, 0.29) is 11.2 Å². The molecule has 0 N–H and O–H groups in total. The molecule has 128 valence electrons. The SMILES string of the molecule is C[C@H]1CCc2c(sc3ncnc(S[C@@H](C)C(=O)N4CCCC4)c23)C1. The number of thioether (sulfide) groups is 1. The first-order valence-corrected chi connectivity index (χ1v) is 10.5. The number of hydrogen-bond acceptors (Lipinski definition) is 5. The van der Waals surface area contributed by atoms with Crippen molar-refractivity contribution >= 4 is 39.2 Å².